The maximum Gasteiger partial charge on any atom is 0.322 e. The van der Waals surface area contributed by atoms with Crippen molar-refractivity contribution in [1.82, 2.24) is 25.5 Å². The van der Waals surface area contributed by atoms with Crippen LogP contribution in [0.2, 0.25) is 0 Å². The van der Waals surface area contributed by atoms with E-state index < -0.39 is 11.6 Å². The van der Waals surface area contributed by atoms with Crippen molar-refractivity contribution in [2.45, 2.75) is 18.4 Å². The fraction of sp³-hybridized carbons (Fsp3) is 0.278. The number of benzene rings is 1. The van der Waals surface area contributed by atoms with Gasteiger partial charge in [-0.3, -0.25) is 14.9 Å². The molecule has 9 nitrogen and oxygen atoms in total. The van der Waals surface area contributed by atoms with Gasteiger partial charge >= 0.3 is 6.03 Å². The molecule has 0 saturated carbocycles. The Kier molecular flexibility index (Phi) is 4.19. The van der Waals surface area contributed by atoms with E-state index in [1.54, 1.807) is 41.6 Å². The van der Waals surface area contributed by atoms with Gasteiger partial charge in [0.05, 0.1) is 0 Å². The molecule has 2 aliphatic rings. The lowest BCUT2D eigenvalue weighted by Crippen LogP contribution is -2.55. The lowest BCUT2D eigenvalue weighted by atomic mass is 9.87. The van der Waals surface area contributed by atoms with Gasteiger partial charge in [0.25, 0.3) is 11.8 Å². The van der Waals surface area contributed by atoms with Crippen LogP contribution in [0.15, 0.2) is 42.7 Å². The van der Waals surface area contributed by atoms with E-state index in [1.807, 2.05) is 6.07 Å². The van der Waals surface area contributed by atoms with E-state index in [4.69, 9.17) is 0 Å². The fourth-order valence-corrected chi connectivity index (χ4v) is 3.38. The van der Waals surface area contributed by atoms with Gasteiger partial charge in [-0.25, -0.2) is 14.8 Å². The Bertz CT molecular complexity index is 893. The van der Waals surface area contributed by atoms with Crippen molar-refractivity contribution in [2.24, 2.45) is 0 Å². The quantitative estimate of drug-likeness (QED) is 0.699. The standard InChI is InChI=1S/C18H18N6O3/c25-14(24-9-5-18(6-10-24)15(26)22-17(27)23-18)12-3-1-4-13(11-12)21-16-19-7-2-8-20-16/h1-4,7-8,11H,5-6,9-10H2,(H,19,20,21)(H2,22,23,26,27). The highest BCUT2D eigenvalue weighted by Crippen LogP contribution is 2.26. The van der Waals surface area contributed by atoms with Crippen molar-refractivity contribution in [2.75, 3.05) is 18.4 Å². The van der Waals surface area contributed by atoms with E-state index in [0.29, 0.717) is 43.1 Å². The van der Waals surface area contributed by atoms with Crippen LogP contribution in [0.5, 0.6) is 0 Å². The number of anilines is 2. The number of piperidine rings is 1. The Hall–Kier alpha value is -3.49. The van der Waals surface area contributed by atoms with E-state index in [2.05, 4.69) is 25.9 Å². The highest BCUT2D eigenvalue weighted by atomic mass is 16.2. The molecule has 0 radical (unpaired) electrons. The topological polar surface area (TPSA) is 116 Å². The third kappa shape index (κ3) is 3.31. The molecule has 0 atom stereocenters. The van der Waals surface area contributed by atoms with Crippen LogP contribution < -0.4 is 16.0 Å². The molecule has 2 aromatic rings. The number of nitrogens with zero attached hydrogens (tertiary/aromatic N) is 3. The average molecular weight is 366 g/mol. The maximum atomic E-state index is 12.8. The van der Waals surface area contributed by atoms with Gasteiger partial charge in [-0.15, -0.1) is 0 Å². The number of nitrogens with one attached hydrogen (secondary N) is 3. The summed E-state index contributed by atoms with van der Waals surface area (Å²) in [5.41, 5.74) is 0.358. The molecule has 2 aliphatic heterocycles. The molecule has 3 N–H and O–H groups in total. The Morgan fingerprint density at radius 3 is 2.52 bits per heavy atom. The number of aromatic nitrogens is 2. The molecule has 2 fully saturated rings. The zero-order valence-corrected chi connectivity index (χ0v) is 14.4. The molecule has 0 bridgehead atoms. The van der Waals surface area contributed by atoms with E-state index in [1.165, 1.54) is 0 Å². The van der Waals surface area contributed by atoms with Crippen LogP contribution in [0.4, 0.5) is 16.4 Å². The second-order valence-corrected chi connectivity index (χ2v) is 6.56. The molecule has 0 unspecified atom stereocenters. The number of rotatable bonds is 3. The first kappa shape index (κ1) is 17.0. The number of amides is 4. The van der Waals surface area contributed by atoms with Gasteiger partial charge in [-0.2, -0.15) is 0 Å². The molecule has 4 rings (SSSR count). The number of imide groups is 1. The van der Waals surface area contributed by atoms with Crippen LogP contribution in [0.3, 0.4) is 0 Å². The van der Waals surface area contributed by atoms with Crippen molar-refractivity contribution in [1.29, 1.82) is 0 Å². The van der Waals surface area contributed by atoms with Crippen molar-refractivity contribution < 1.29 is 14.4 Å². The van der Waals surface area contributed by atoms with E-state index >= 15 is 0 Å². The molecular weight excluding hydrogens is 348 g/mol. The first-order valence-corrected chi connectivity index (χ1v) is 8.63. The van der Waals surface area contributed by atoms with Crippen LogP contribution >= 0.6 is 0 Å². The van der Waals surface area contributed by atoms with Gasteiger partial charge in [-0.05, 0) is 37.1 Å². The molecule has 4 amide bonds. The Labute approximate surface area is 155 Å². The molecule has 1 aromatic heterocycles. The van der Waals surface area contributed by atoms with Crippen LogP contribution in [0.1, 0.15) is 23.2 Å². The second kappa shape index (κ2) is 6.67. The number of urea groups is 1. The Balaban J connectivity index is 1.44. The SMILES string of the molecule is O=C1NC(=O)C2(CCN(C(=O)c3cccc(Nc4ncccn4)c3)CC2)N1. The fourth-order valence-electron chi connectivity index (χ4n) is 3.38. The zero-order valence-electron chi connectivity index (χ0n) is 14.4. The minimum atomic E-state index is -0.887. The summed E-state index contributed by atoms with van der Waals surface area (Å²) >= 11 is 0. The molecule has 27 heavy (non-hydrogen) atoms. The third-order valence-corrected chi connectivity index (χ3v) is 4.85. The molecule has 0 aliphatic carbocycles. The number of carbonyl (C=O) groups is 3. The van der Waals surface area contributed by atoms with Gasteiger partial charge in [-0.1, -0.05) is 6.07 Å². The summed E-state index contributed by atoms with van der Waals surface area (Å²) < 4.78 is 0. The molecule has 2 saturated heterocycles. The van der Waals surface area contributed by atoms with Crippen LogP contribution in [0, 0.1) is 0 Å². The van der Waals surface area contributed by atoms with Crippen LogP contribution in [-0.2, 0) is 4.79 Å². The molecule has 9 heteroatoms. The third-order valence-electron chi connectivity index (χ3n) is 4.85. The van der Waals surface area contributed by atoms with Crippen molar-refractivity contribution in [3.8, 4) is 0 Å². The molecule has 1 aromatic carbocycles. The molecular formula is C18H18N6O3. The highest BCUT2D eigenvalue weighted by Gasteiger charge is 2.48. The van der Waals surface area contributed by atoms with Gasteiger partial charge in [0.15, 0.2) is 0 Å². The predicted molar refractivity (Wildman–Crippen MR) is 96.3 cm³/mol. The lowest BCUT2D eigenvalue weighted by Gasteiger charge is -2.37. The number of likely N-dealkylation sites (tertiary alicyclic amines) is 1. The maximum absolute atomic E-state index is 12.8. The van der Waals surface area contributed by atoms with Gasteiger partial charge < -0.3 is 15.5 Å². The van der Waals surface area contributed by atoms with Crippen molar-refractivity contribution in [3.05, 3.63) is 48.3 Å². The van der Waals surface area contributed by atoms with E-state index in [0.717, 1.165) is 0 Å². The largest absolute Gasteiger partial charge is 0.338 e. The minimum Gasteiger partial charge on any atom is -0.338 e. The summed E-state index contributed by atoms with van der Waals surface area (Å²) in [6.07, 6.45) is 4.05. The summed E-state index contributed by atoms with van der Waals surface area (Å²) in [5, 5.41) is 8.02. The van der Waals surface area contributed by atoms with E-state index in [9.17, 15) is 14.4 Å². The summed E-state index contributed by atoms with van der Waals surface area (Å²) in [7, 11) is 0. The van der Waals surface area contributed by atoms with Gasteiger partial charge in [0.1, 0.15) is 5.54 Å². The molecule has 1 spiro atoms. The Morgan fingerprint density at radius 2 is 1.85 bits per heavy atom. The zero-order chi connectivity index (χ0) is 18.9. The first-order valence-electron chi connectivity index (χ1n) is 8.63. The van der Waals surface area contributed by atoms with Gasteiger partial charge in [0, 0.05) is 36.7 Å². The van der Waals surface area contributed by atoms with Crippen molar-refractivity contribution >= 4 is 29.5 Å². The number of hydrogen-bond acceptors (Lipinski definition) is 6. The summed E-state index contributed by atoms with van der Waals surface area (Å²) in [4.78, 5) is 46.2. The first-order chi connectivity index (χ1) is 13.1. The summed E-state index contributed by atoms with van der Waals surface area (Å²) in [6.45, 7) is 0.790. The highest BCUT2D eigenvalue weighted by molar-refractivity contribution is 6.07. The number of hydrogen-bond donors (Lipinski definition) is 3. The predicted octanol–water partition coefficient (Wildman–Crippen LogP) is 1.03. The lowest BCUT2D eigenvalue weighted by molar-refractivity contribution is -0.125. The normalized spacial score (nSPS) is 18.1. The average Bonchev–Trinajstić information content (AvgIpc) is 2.95. The smallest absolute Gasteiger partial charge is 0.322 e. The van der Waals surface area contributed by atoms with E-state index in [-0.39, 0.29) is 11.8 Å². The number of carbonyl (C=O) groups excluding carboxylic acids is 3. The van der Waals surface area contributed by atoms with Crippen molar-refractivity contribution in [3.63, 3.8) is 0 Å². The monoisotopic (exact) mass is 366 g/mol. The van der Waals surface area contributed by atoms with Crippen LogP contribution in [0.25, 0.3) is 0 Å². The summed E-state index contributed by atoms with van der Waals surface area (Å²) in [6, 6.07) is 8.36. The second-order valence-electron chi connectivity index (χ2n) is 6.56. The molecule has 138 valence electrons. The minimum absolute atomic E-state index is 0.118. The Morgan fingerprint density at radius 1 is 1.11 bits per heavy atom. The summed E-state index contributed by atoms with van der Waals surface area (Å²) in [5.74, 6) is 0.0193. The van der Waals surface area contributed by atoms with Gasteiger partial charge in [0.2, 0.25) is 5.95 Å². The van der Waals surface area contributed by atoms with Crippen LogP contribution in [-0.4, -0.2) is 51.3 Å². The molecule has 3 heterocycles.